The number of hydrogen-bond donors (Lipinski definition) is 2. The molecule has 5 nitrogen and oxygen atoms in total. The minimum atomic E-state index is -0.717. The molecule has 1 aliphatic rings. The Hall–Kier alpha value is -3.31. The average molecular weight is 448 g/mol. The monoisotopic (exact) mass is 447 g/mol. The molecule has 3 aromatic rings. The van der Waals surface area contributed by atoms with Crippen molar-refractivity contribution in [1.29, 1.82) is 0 Å². The number of aryl methyl sites for hydroxylation is 1. The van der Waals surface area contributed by atoms with Crippen LogP contribution in [0.25, 0.3) is 0 Å². The minimum Gasteiger partial charge on any atom is -0.367 e. The zero-order chi connectivity index (χ0) is 22.3. The molecule has 1 heterocycles. The predicted molar refractivity (Wildman–Crippen MR) is 129 cm³/mol. The largest absolute Gasteiger partial charge is 0.367 e. The van der Waals surface area contributed by atoms with Gasteiger partial charge in [-0.2, -0.15) is 0 Å². The minimum absolute atomic E-state index is 0.394. The van der Waals surface area contributed by atoms with E-state index in [-0.39, 0.29) is 0 Å². The van der Waals surface area contributed by atoms with Crippen LogP contribution < -0.4 is 15.5 Å². The third kappa shape index (κ3) is 5.48. The average Bonchev–Trinajstić information content (AvgIpc) is 2.83. The number of hydrogen-bond acceptors (Lipinski definition) is 3. The van der Waals surface area contributed by atoms with Crippen LogP contribution in [0.5, 0.6) is 0 Å². The van der Waals surface area contributed by atoms with E-state index < -0.39 is 11.8 Å². The number of para-hydroxylation sites is 1. The van der Waals surface area contributed by atoms with Gasteiger partial charge in [0.1, 0.15) is 0 Å². The number of carbonyl (C=O) groups is 2. The molecule has 0 unspecified atom stereocenters. The van der Waals surface area contributed by atoms with Gasteiger partial charge in [0.05, 0.1) is 10.7 Å². The Balaban J connectivity index is 1.21. The van der Waals surface area contributed by atoms with Crippen LogP contribution >= 0.6 is 11.6 Å². The Labute approximate surface area is 193 Å². The molecule has 0 saturated carbocycles. The van der Waals surface area contributed by atoms with Crippen LogP contribution in [0.3, 0.4) is 0 Å². The van der Waals surface area contributed by atoms with Crippen molar-refractivity contribution in [2.75, 3.05) is 23.3 Å². The number of rotatable bonds is 6. The van der Waals surface area contributed by atoms with E-state index in [0.29, 0.717) is 17.3 Å². The fourth-order valence-electron chi connectivity index (χ4n) is 3.91. The molecule has 0 radical (unpaired) electrons. The summed E-state index contributed by atoms with van der Waals surface area (Å²) in [7, 11) is 0. The van der Waals surface area contributed by atoms with E-state index in [1.807, 2.05) is 0 Å². The molecule has 0 aromatic heterocycles. The van der Waals surface area contributed by atoms with Crippen molar-refractivity contribution >= 4 is 34.8 Å². The van der Waals surface area contributed by atoms with Crippen LogP contribution in [-0.4, -0.2) is 24.9 Å². The number of fused-ring (bicyclic) bond motifs is 1. The quantitative estimate of drug-likeness (QED) is 0.429. The number of benzene rings is 3. The summed E-state index contributed by atoms with van der Waals surface area (Å²) in [5, 5.41) is 5.58. The Kier molecular flexibility index (Phi) is 7.07. The first-order chi connectivity index (χ1) is 15.6. The topological polar surface area (TPSA) is 61.4 Å². The molecular formula is C26H26ClN3O2. The van der Waals surface area contributed by atoms with E-state index >= 15 is 0 Å². The van der Waals surface area contributed by atoms with Crippen molar-refractivity contribution < 1.29 is 9.59 Å². The first-order valence-corrected chi connectivity index (χ1v) is 11.2. The lowest BCUT2D eigenvalue weighted by Crippen LogP contribution is -2.36. The Morgan fingerprint density at radius 3 is 2.38 bits per heavy atom. The summed E-state index contributed by atoms with van der Waals surface area (Å²) < 4.78 is 0. The Morgan fingerprint density at radius 2 is 1.59 bits per heavy atom. The van der Waals surface area contributed by atoms with E-state index in [4.69, 9.17) is 11.6 Å². The third-order valence-electron chi connectivity index (χ3n) is 5.69. The summed E-state index contributed by atoms with van der Waals surface area (Å²) in [6, 6.07) is 24.1. The molecule has 6 heteroatoms. The van der Waals surface area contributed by atoms with E-state index in [0.717, 1.165) is 32.4 Å². The number of nitrogens with one attached hydrogen (secondary N) is 2. The molecule has 3 aromatic carbocycles. The Morgan fingerprint density at radius 1 is 0.875 bits per heavy atom. The number of nitrogens with zero attached hydrogens (tertiary/aromatic N) is 1. The molecule has 1 aliphatic heterocycles. The maximum absolute atomic E-state index is 12.0. The normalized spacial score (nSPS) is 12.7. The predicted octanol–water partition coefficient (Wildman–Crippen LogP) is 4.59. The molecule has 164 valence electrons. The maximum atomic E-state index is 12.0. The number of halogens is 1. The first kappa shape index (κ1) is 21.9. The molecule has 0 aliphatic carbocycles. The molecule has 0 bridgehead atoms. The van der Waals surface area contributed by atoms with Crippen LogP contribution in [-0.2, 0) is 29.0 Å². The van der Waals surface area contributed by atoms with Gasteiger partial charge in [-0.3, -0.25) is 9.59 Å². The molecule has 2 N–H and O–H groups in total. The molecule has 0 spiro atoms. The van der Waals surface area contributed by atoms with E-state index in [1.165, 1.54) is 22.4 Å². The number of amides is 2. The van der Waals surface area contributed by atoms with Gasteiger partial charge in [0.25, 0.3) is 0 Å². The molecule has 0 saturated heterocycles. The lowest BCUT2D eigenvalue weighted by molar-refractivity contribution is -0.136. The van der Waals surface area contributed by atoms with E-state index in [9.17, 15) is 9.59 Å². The van der Waals surface area contributed by atoms with Crippen molar-refractivity contribution in [2.24, 2.45) is 0 Å². The lowest BCUT2D eigenvalue weighted by atomic mass is 9.99. The molecule has 2 amide bonds. The molecular weight excluding hydrogens is 422 g/mol. The molecule has 4 rings (SSSR count). The van der Waals surface area contributed by atoms with Gasteiger partial charge in [-0.25, -0.2) is 0 Å². The fourth-order valence-corrected chi connectivity index (χ4v) is 4.09. The maximum Gasteiger partial charge on any atom is 0.313 e. The van der Waals surface area contributed by atoms with Crippen LogP contribution in [0.15, 0.2) is 72.8 Å². The van der Waals surface area contributed by atoms with Gasteiger partial charge in [0, 0.05) is 25.3 Å². The van der Waals surface area contributed by atoms with Gasteiger partial charge in [0.15, 0.2) is 0 Å². The summed E-state index contributed by atoms with van der Waals surface area (Å²) in [6.45, 7) is 2.40. The highest BCUT2D eigenvalue weighted by Gasteiger charge is 2.16. The van der Waals surface area contributed by atoms with Crippen molar-refractivity contribution in [3.63, 3.8) is 0 Å². The van der Waals surface area contributed by atoms with Gasteiger partial charge in [-0.15, -0.1) is 0 Å². The third-order valence-corrected chi connectivity index (χ3v) is 6.02. The van der Waals surface area contributed by atoms with Gasteiger partial charge in [-0.1, -0.05) is 60.1 Å². The van der Waals surface area contributed by atoms with Crippen molar-refractivity contribution in [1.82, 2.24) is 5.32 Å². The summed E-state index contributed by atoms with van der Waals surface area (Å²) in [6.07, 6.45) is 2.65. The van der Waals surface area contributed by atoms with Gasteiger partial charge >= 0.3 is 11.8 Å². The van der Waals surface area contributed by atoms with Crippen molar-refractivity contribution in [3.05, 3.63) is 94.5 Å². The summed E-state index contributed by atoms with van der Waals surface area (Å²) in [5.41, 5.74) is 5.71. The molecule has 32 heavy (non-hydrogen) atoms. The van der Waals surface area contributed by atoms with Crippen LogP contribution in [0.1, 0.15) is 23.1 Å². The lowest BCUT2D eigenvalue weighted by Gasteiger charge is -2.30. The molecule has 0 atom stereocenters. The summed E-state index contributed by atoms with van der Waals surface area (Å²) in [4.78, 5) is 26.4. The standard InChI is InChI=1S/C26H26ClN3O2/c27-23-9-3-4-10-24(23)29-26(32)25(31)28-16-5-6-19-11-13-22(14-12-19)30-17-15-20-7-1-2-8-21(20)18-30/h1-4,7-14H,5-6,15-18H2,(H,28,31)(H,29,32). The van der Waals surface area contributed by atoms with Gasteiger partial charge in [-0.05, 0) is 60.2 Å². The van der Waals surface area contributed by atoms with Gasteiger partial charge in [0.2, 0.25) is 0 Å². The highest BCUT2D eigenvalue weighted by atomic mass is 35.5. The molecule has 0 fully saturated rings. The number of carbonyl (C=O) groups excluding carboxylic acids is 2. The Bertz CT molecular complexity index is 1100. The summed E-state index contributed by atoms with van der Waals surface area (Å²) >= 11 is 6.00. The number of anilines is 2. The zero-order valence-electron chi connectivity index (χ0n) is 17.8. The second-order valence-corrected chi connectivity index (χ2v) is 8.31. The summed E-state index contributed by atoms with van der Waals surface area (Å²) in [5.74, 6) is -1.38. The van der Waals surface area contributed by atoms with Crippen LogP contribution in [0, 0.1) is 0 Å². The van der Waals surface area contributed by atoms with Gasteiger partial charge < -0.3 is 15.5 Å². The van der Waals surface area contributed by atoms with Crippen molar-refractivity contribution in [2.45, 2.75) is 25.8 Å². The fraction of sp³-hybridized carbons (Fsp3) is 0.231. The zero-order valence-corrected chi connectivity index (χ0v) is 18.6. The van der Waals surface area contributed by atoms with E-state index in [1.54, 1.807) is 24.3 Å². The SMILES string of the molecule is O=C(NCCCc1ccc(N2CCc3ccccc3C2)cc1)C(=O)Nc1ccccc1Cl. The highest BCUT2D eigenvalue weighted by molar-refractivity contribution is 6.41. The smallest absolute Gasteiger partial charge is 0.313 e. The second-order valence-electron chi connectivity index (χ2n) is 7.90. The second kappa shape index (κ2) is 10.3. The van der Waals surface area contributed by atoms with Crippen LogP contribution in [0.4, 0.5) is 11.4 Å². The highest BCUT2D eigenvalue weighted by Crippen LogP contribution is 2.25. The van der Waals surface area contributed by atoms with Crippen LogP contribution in [0.2, 0.25) is 5.02 Å². The van der Waals surface area contributed by atoms with Crippen molar-refractivity contribution in [3.8, 4) is 0 Å². The first-order valence-electron chi connectivity index (χ1n) is 10.8. The van der Waals surface area contributed by atoms with E-state index in [2.05, 4.69) is 64.1 Å².